The Hall–Kier alpha value is -2.29. The fourth-order valence-corrected chi connectivity index (χ4v) is 1.90. The van der Waals surface area contributed by atoms with Gasteiger partial charge in [0.2, 0.25) is 0 Å². The molecule has 0 aliphatic rings. The Morgan fingerprint density at radius 1 is 1.00 bits per heavy atom. The van der Waals surface area contributed by atoms with Crippen molar-refractivity contribution >= 4 is 11.7 Å². The van der Waals surface area contributed by atoms with Crippen LogP contribution in [0.25, 0.3) is 0 Å². The van der Waals surface area contributed by atoms with Gasteiger partial charge in [-0.25, -0.2) is 4.79 Å². The molecule has 2 aromatic carbocycles. The third-order valence-corrected chi connectivity index (χ3v) is 2.81. The van der Waals surface area contributed by atoms with Gasteiger partial charge in [0, 0.05) is 12.2 Å². The number of benzene rings is 2. The number of nitrogens with one attached hydrogen (secondary N) is 2. The maximum Gasteiger partial charge on any atom is 0.319 e. The van der Waals surface area contributed by atoms with Crippen molar-refractivity contribution in [2.75, 3.05) is 5.32 Å². The van der Waals surface area contributed by atoms with Crippen molar-refractivity contribution < 1.29 is 4.79 Å². The Morgan fingerprint density at radius 3 is 2.37 bits per heavy atom. The standard InChI is InChI=1S/C16H18N2O/c1-12-5-3-7-14(9-12)11-17-16(19)18-15-8-4-6-13(2)10-15/h3-10H,11H2,1-2H3,(H2,17,18,19). The van der Waals surface area contributed by atoms with Gasteiger partial charge in [-0.05, 0) is 37.1 Å². The summed E-state index contributed by atoms with van der Waals surface area (Å²) in [5, 5.41) is 5.66. The molecule has 0 saturated carbocycles. The summed E-state index contributed by atoms with van der Waals surface area (Å²) in [6.07, 6.45) is 0. The molecule has 0 aliphatic carbocycles. The Morgan fingerprint density at radius 2 is 1.68 bits per heavy atom. The second kappa shape index (κ2) is 6.05. The smallest absolute Gasteiger partial charge is 0.319 e. The quantitative estimate of drug-likeness (QED) is 0.863. The molecular formula is C16H18N2O. The molecule has 0 aromatic heterocycles. The minimum absolute atomic E-state index is 0.188. The van der Waals surface area contributed by atoms with E-state index < -0.39 is 0 Å². The molecule has 19 heavy (non-hydrogen) atoms. The van der Waals surface area contributed by atoms with Crippen molar-refractivity contribution in [3.63, 3.8) is 0 Å². The van der Waals surface area contributed by atoms with E-state index in [9.17, 15) is 4.79 Å². The highest BCUT2D eigenvalue weighted by molar-refractivity contribution is 5.89. The van der Waals surface area contributed by atoms with Crippen LogP contribution < -0.4 is 10.6 Å². The molecule has 0 bridgehead atoms. The number of carbonyl (C=O) groups is 1. The molecular weight excluding hydrogens is 236 g/mol. The average Bonchev–Trinajstić information content (AvgIpc) is 2.36. The molecule has 2 rings (SSSR count). The fraction of sp³-hybridized carbons (Fsp3) is 0.188. The summed E-state index contributed by atoms with van der Waals surface area (Å²) in [5.41, 5.74) is 4.22. The normalized spacial score (nSPS) is 10.0. The van der Waals surface area contributed by atoms with Crippen LogP contribution in [0.15, 0.2) is 48.5 Å². The van der Waals surface area contributed by atoms with E-state index in [-0.39, 0.29) is 6.03 Å². The van der Waals surface area contributed by atoms with E-state index in [1.807, 2.05) is 56.3 Å². The van der Waals surface area contributed by atoms with Gasteiger partial charge in [-0.2, -0.15) is 0 Å². The second-order valence-electron chi connectivity index (χ2n) is 4.67. The van der Waals surface area contributed by atoms with E-state index in [0.29, 0.717) is 6.54 Å². The molecule has 0 heterocycles. The third-order valence-electron chi connectivity index (χ3n) is 2.81. The highest BCUT2D eigenvalue weighted by atomic mass is 16.2. The van der Waals surface area contributed by atoms with Gasteiger partial charge in [0.25, 0.3) is 0 Å². The van der Waals surface area contributed by atoms with Gasteiger partial charge >= 0.3 is 6.03 Å². The molecule has 2 amide bonds. The summed E-state index contributed by atoms with van der Waals surface area (Å²) in [6, 6.07) is 15.6. The maximum atomic E-state index is 11.8. The molecule has 3 heteroatoms. The zero-order chi connectivity index (χ0) is 13.7. The number of amides is 2. The highest BCUT2D eigenvalue weighted by Gasteiger charge is 2.01. The monoisotopic (exact) mass is 254 g/mol. The summed E-state index contributed by atoms with van der Waals surface area (Å²) in [7, 11) is 0. The van der Waals surface area contributed by atoms with E-state index >= 15 is 0 Å². The Bertz CT molecular complexity index is 578. The number of hydrogen-bond acceptors (Lipinski definition) is 1. The second-order valence-corrected chi connectivity index (χ2v) is 4.67. The molecule has 0 radical (unpaired) electrons. The van der Waals surface area contributed by atoms with Gasteiger partial charge in [-0.3, -0.25) is 0 Å². The van der Waals surface area contributed by atoms with Crippen molar-refractivity contribution in [2.45, 2.75) is 20.4 Å². The molecule has 0 unspecified atom stereocenters. The number of anilines is 1. The number of hydrogen-bond donors (Lipinski definition) is 2. The van der Waals surface area contributed by atoms with Gasteiger partial charge in [-0.1, -0.05) is 42.0 Å². The van der Waals surface area contributed by atoms with Crippen molar-refractivity contribution in [1.29, 1.82) is 0 Å². The van der Waals surface area contributed by atoms with Crippen LogP contribution in [-0.4, -0.2) is 6.03 Å². The largest absolute Gasteiger partial charge is 0.334 e. The number of rotatable bonds is 3. The van der Waals surface area contributed by atoms with Crippen LogP contribution in [0.2, 0.25) is 0 Å². The third kappa shape index (κ3) is 4.14. The number of aryl methyl sites for hydroxylation is 2. The van der Waals surface area contributed by atoms with Crippen molar-refractivity contribution in [3.8, 4) is 0 Å². The molecule has 0 saturated heterocycles. The predicted molar refractivity (Wildman–Crippen MR) is 78.2 cm³/mol. The lowest BCUT2D eigenvalue weighted by molar-refractivity contribution is 0.251. The van der Waals surface area contributed by atoms with Gasteiger partial charge in [0.05, 0.1) is 0 Å². The first kappa shape index (κ1) is 13.1. The summed E-state index contributed by atoms with van der Waals surface area (Å²) < 4.78 is 0. The van der Waals surface area contributed by atoms with Crippen molar-refractivity contribution in [1.82, 2.24) is 5.32 Å². The lowest BCUT2D eigenvalue weighted by Crippen LogP contribution is -2.28. The van der Waals surface area contributed by atoms with Gasteiger partial charge < -0.3 is 10.6 Å². The first-order valence-electron chi connectivity index (χ1n) is 6.30. The zero-order valence-corrected chi connectivity index (χ0v) is 11.2. The molecule has 0 fully saturated rings. The molecule has 2 aromatic rings. The van der Waals surface area contributed by atoms with E-state index in [0.717, 1.165) is 16.8 Å². The fourth-order valence-electron chi connectivity index (χ4n) is 1.90. The lowest BCUT2D eigenvalue weighted by Gasteiger charge is -2.08. The molecule has 0 spiro atoms. The Balaban J connectivity index is 1.88. The van der Waals surface area contributed by atoms with Gasteiger partial charge in [0.15, 0.2) is 0 Å². The van der Waals surface area contributed by atoms with Crippen molar-refractivity contribution in [2.24, 2.45) is 0 Å². The predicted octanol–water partition coefficient (Wildman–Crippen LogP) is 3.63. The molecule has 0 atom stereocenters. The van der Waals surface area contributed by atoms with Crippen molar-refractivity contribution in [3.05, 3.63) is 65.2 Å². The van der Waals surface area contributed by atoms with Crippen LogP contribution in [0.5, 0.6) is 0 Å². The van der Waals surface area contributed by atoms with E-state index in [2.05, 4.69) is 16.7 Å². The van der Waals surface area contributed by atoms with Crippen LogP contribution in [0.3, 0.4) is 0 Å². The Kier molecular flexibility index (Phi) is 4.18. The molecule has 0 aliphatic heterocycles. The zero-order valence-electron chi connectivity index (χ0n) is 11.2. The Labute approximate surface area is 113 Å². The summed E-state index contributed by atoms with van der Waals surface area (Å²) >= 11 is 0. The molecule has 98 valence electrons. The maximum absolute atomic E-state index is 11.8. The topological polar surface area (TPSA) is 41.1 Å². The minimum atomic E-state index is -0.188. The lowest BCUT2D eigenvalue weighted by atomic mass is 10.1. The summed E-state index contributed by atoms with van der Waals surface area (Å²) in [5.74, 6) is 0. The molecule has 2 N–H and O–H groups in total. The average molecular weight is 254 g/mol. The summed E-state index contributed by atoms with van der Waals surface area (Å²) in [6.45, 7) is 4.56. The van der Waals surface area contributed by atoms with Gasteiger partial charge in [0.1, 0.15) is 0 Å². The molecule has 3 nitrogen and oxygen atoms in total. The summed E-state index contributed by atoms with van der Waals surface area (Å²) in [4.78, 5) is 11.8. The van der Waals surface area contributed by atoms with Crippen LogP contribution in [0, 0.1) is 13.8 Å². The minimum Gasteiger partial charge on any atom is -0.334 e. The van der Waals surface area contributed by atoms with E-state index in [1.54, 1.807) is 0 Å². The van der Waals surface area contributed by atoms with E-state index in [1.165, 1.54) is 5.56 Å². The van der Waals surface area contributed by atoms with Crippen LogP contribution >= 0.6 is 0 Å². The first-order valence-corrected chi connectivity index (χ1v) is 6.30. The van der Waals surface area contributed by atoms with Crippen LogP contribution in [0.1, 0.15) is 16.7 Å². The van der Waals surface area contributed by atoms with E-state index in [4.69, 9.17) is 0 Å². The van der Waals surface area contributed by atoms with Crippen LogP contribution in [0.4, 0.5) is 10.5 Å². The van der Waals surface area contributed by atoms with Gasteiger partial charge in [-0.15, -0.1) is 0 Å². The SMILES string of the molecule is Cc1cccc(CNC(=O)Nc2cccc(C)c2)c1. The highest BCUT2D eigenvalue weighted by Crippen LogP contribution is 2.09. The van der Waals surface area contributed by atoms with Crippen LogP contribution in [-0.2, 0) is 6.54 Å². The first-order chi connectivity index (χ1) is 9.13. The number of urea groups is 1. The number of carbonyl (C=O) groups excluding carboxylic acids is 1.